The summed E-state index contributed by atoms with van der Waals surface area (Å²) < 4.78 is 18.3. The maximum absolute atomic E-state index is 14.5. The van der Waals surface area contributed by atoms with Crippen molar-refractivity contribution < 1.29 is 43.3 Å². The van der Waals surface area contributed by atoms with Gasteiger partial charge in [-0.15, -0.1) is 0 Å². The lowest BCUT2D eigenvalue weighted by Gasteiger charge is -2.49. The molecule has 3 aliphatic carbocycles. The van der Waals surface area contributed by atoms with Gasteiger partial charge in [-0.2, -0.15) is 0 Å². The molecule has 13 heteroatoms. The van der Waals surface area contributed by atoms with Crippen molar-refractivity contribution in [2.75, 3.05) is 13.7 Å². The number of nitrogens with one attached hydrogen (secondary N) is 3. The zero-order valence-corrected chi connectivity index (χ0v) is 31.4. The summed E-state index contributed by atoms with van der Waals surface area (Å²) in [6, 6.07) is -1.58. The van der Waals surface area contributed by atoms with Crippen molar-refractivity contribution in [1.29, 1.82) is 0 Å². The number of ether oxygens (including phenoxy) is 3. The number of hydrogen-bond acceptors (Lipinski definition) is 9. The number of ketones is 1. The van der Waals surface area contributed by atoms with Gasteiger partial charge < -0.3 is 40.2 Å². The van der Waals surface area contributed by atoms with E-state index in [1.807, 2.05) is 0 Å². The topological polar surface area (TPSA) is 173 Å². The van der Waals surface area contributed by atoms with Gasteiger partial charge in [-0.3, -0.25) is 14.4 Å². The van der Waals surface area contributed by atoms with Gasteiger partial charge in [0.05, 0.1) is 18.3 Å². The van der Waals surface area contributed by atoms with E-state index in [2.05, 4.69) is 16.0 Å². The average Bonchev–Trinajstić information content (AvgIpc) is 3.64. The second-order valence-corrected chi connectivity index (χ2v) is 17.2. The molecule has 3 saturated carbocycles. The number of piperidine rings is 1. The summed E-state index contributed by atoms with van der Waals surface area (Å²) >= 11 is 0. The Morgan fingerprint density at radius 1 is 0.962 bits per heavy atom. The van der Waals surface area contributed by atoms with Gasteiger partial charge in [0.2, 0.25) is 11.8 Å². The van der Waals surface area contributed by atoms with Gasteiger partial charge >= 0.3 is 12.1 Å². The second-order valence-electron chi connectivity index (χ2n) is 17.2. The van der Waals surface area contributed by atoms with Crippen molar-refractivity contribution in [3.8, 4) is 0 Å². The standard InChI is InChI=1S/C39H60N4O9/c1-38(2,3)52-37(49)41-29-17-14-25(44)13-9-8-12-24-21-39(24,36(47)48)42-34(45)32-19-27(22-43(32)35(29)46)51-33-20-30(23-10-6-5-7-11-23)40-31-18-26(50-4)15-16-28(31)33/h8,12,23-24,26-33,40H,5-7,9-11,13-22H2,1-4H3,(H,41,49)(H,42,45)(H,47,48)/b12-8-/t24?,26?,27?,28?,29-,30?,31?,32-,33?,39+/m0/s1. The normalized spacial score (nSPS) is 38.4. The maximum atomic E-state index is 14.5. The molecular formula is C39H60N4O9. The summed E-state index contributed by atoms with van der Waals surface area (Å²) in [6.45, 7) is 5.27. The number of aliphatic carboxylic acids is 1. The predicted molar refractivity (Wildman–Crippen MR) is 191 cm³/mol. The number of carbonyl (C=O) groups excluding carboxylic acids is 4. The third kappa shape index (κ3) is 9.01. The number of carbonyl (C=O) groups is 5. The van der Waals surface area contributed by atoms with Crippen LogP contribution in [0.3, 0.4) is 0 Å². The molecule has 0 aromatic heterocycles. The highest BCUT2D eigenvalue weighted by atomic mass is 16.6. The van der Waals surface area contributed by atoms with Gasteiger partial charge in [-0.05, 0) is 84.5 Å². The quantitative estimate of drug-likeness (QED) is 0.293. The van der Waals surface area contributed by atoms with E-state index in [1.165, 1.54) is 37.0 Å². The summed E-state index contributed by atoms with van der Waals surface area (Å²) in [5.74, 6) is -1.86. The van der Waals surface area contributed by atoms with Crippen molar-refractivity contribution >= 4 is 29.7 Å². The zero-order valence-electron chi connectivity index (χ0n) is 31.4. The second kappa shape index (κ2) is 16.1. The smallest absolute Gasteiger partial charge is 0.408 e. The monoisotopic (exact) mass is 728 g/mol. The van der Waals surface area contributed by atoms with Crippen LogP contribution in [-0.4, -0.2) is 107 Å². The maximum Gasteiger partial charge on any atom is 0.408 e. The minimum Gasteiger partial charge on any atom is -0.479 e. The fourth-order valence-corrected chi connectivity index (χ4v) is 9.54. The minimum atomic E-state index is -1.48. The fourth-order valence-electron chi connectivity index (χ4n) is 9.54. The van der Waals surface area contributed by atoms with E-state index in [0.29, 0.717) is 18.4 Å². The Kier molecular flexibility index (Phi) is 12.0. The van der Waals surface area contributed by atoms with Crippen molar-refractivity contribution in [3.05, 3.63) is 12.2 Å². The van der Waals surface area contributed by atoms with Crippen molar-refractivity contribution in [1.82, 2.24) is 20.9 Å². The number of hydrogen-bond donors (Lipinski definition) is 4. The predicted octanol–water partition coefficient (Wildman–Crippen LogP) is 4.02. The number of methoxy groups -OCH3 is 1. The molecule has 3 aliphatic heterocycles. The number of alkyl carbamates (subject to hydrolysis) is 1. The molecule has 4 N–H and O–H groups in total. The van der Waals surface area contributed by atoms with Crippen LogP contribution in [0, 0.1) is 17.8 Å². The van der Waals surface area contributed by atoms with E-state index in [1.54, 1.807) is 40.0 Å². The molecule has 290 valence electrons. The largest absolute Gasteiger partial charge is 0.479 e. The lowest BCUT2D eigenvalue weighted by atomic mass is 9.71. The van der Waals surface area contributed by atoms with Crippen molar-refractivity contribution in [2.24, 2.45) is 17.8 Å². The van der Waals surface area contributed by atoms with E-state index in [4.69, 9.17) is 14.2 Å². The zero-order chi connectivity index (χ0) is 37.2. The molecule has 3 heterocycles. The molecule has 6 aliphatic rings. The first kappa shape index (κ1) is 38.7. The molecule has 2 saturated heterocycles. The Morgan fingerprint density at radius 2 is 1.73 bits per heavy atom. The highest BCUT2D eigenvalue weighted by Crippen LogP contribution is 2.46. The first-order valence-electron chi connectivity index (χ1n) is 19.7. The SMILES string of the molecule is COC1CCC2C(C1)NC(C1CCCCC1)CC2OC1C[C@H]2C(=O)N[C@]3(C(=O)O)CC3/C=C\CCC(=O)CC[C@H](NC(=O)OC(C)(C)C)C(=O)N2C1. The van der Waals surface area contributed by atoms with Gasteiger partial charge in [0.25, 0.3) is 0 Å². The highest BCUT2D eigenvalue weighted by molar-refractivity contribution is 5.96. The first-order valence-corrected chi connectivity index (χ1v) is 19.7. The van der Waals surface area contributed by atoms with Crippen LogP contribution in [0.2, 0.25) is 0 Å². The summed E-state index contributed by atoms with van der Waals surface area (Å²) in [5.41, 5.74) is -2.30. The van der Waals surface area contributed by atoms with Gasteiger partial charge in [-0.25, -0.2) is 9.59 Å². The number of Topliss-reactive ketones (excluding diaryl/α,β-unsaturated/α-hetero) is 1. The summed E-state index contributed by atoms with van der Waals surface area (Å²) in [7, 11) is 1.78. The first-order chi connectivity index (χ1) is 24.8. The third-order valence-electron chi connectivity index (χ3n) is 12.4. The number of allylic oxidation sites excluding steroid dienone is 1. The number of nitrogens with zero attached hydrogens (tertiary/aromatic N) is 1. The molecule has 3 amide bonds. The van der Waals surface area contributed by atoms with Crippen LogP contribution < -0.4 is 16.0 Å². The Hall–Kier alpha value is -3.03. The van der Waals surface area contributed by atoms with Crippen LogP contribution in [0.25, 0.3) is 0 Å². The summed E-state index contributed by atoms with van der Waals surface area (Å²) in [5, 5.41) is 19.7. The molecule has 7 unspecified atom stereocenters. The van der Waals surface area contributed by atoms with Gasteiger partial charge in [-0.1, -0.05) is 31.4 Å². The third-order valence-corrected chi connectivity index (χ3v) is 12.4. The molecule has 6 rings (SSSR count). The summed E-state index contributed by atoms with van der Waals surface area (Å²) in [6.07, 6.45) is 13.3. The van der Waals surface area contributed by atoms with E-state index in [0.717, 1.165) is 25.7 Å². The Balaban J connectivity index is 1.26. The Labute approximate surface area is 307 Å². The van der Waals surface area contributed by atoms with Crippen LogP contribution in [0.5, 0.6) is 0 Å². The number of fused-ring (bicyclic) bond motifs is 3. The van der Waals surface area contributed by atoms with Gasteiger partial charge in [0.1, 0.15) is 29.0 Å². The molecule has 0 spiro atoms. The lowest BCUT2D eigenvalue weighted by molar-refractivity contribution is -0.145. The molecule has 5 fully saturated rings. The van der Waals surface area contributed by atoms with Crippen molar-refractivity contribution in [3.63, 3.8) is 0 Å². The van der Waals surface area contributed by atoms with Gasteiger partial charge in [0, 0.05) is 56.8 Å². The fraction of sp³-hybridized carbons (Fsp3) is 0.821. The van der Waals surface area contributed by atoms with Crippen LogP contribution in [0.15, 0.2) is 12.2 Å². The molecule has 0 bridgehead atoms. The Bertz CT molecular complexity index is 1380. The van der Waals surface area contributed by atoms with Crippen LogP contribution >= 0.6 is 0 Å². The minimum absolute atomic E-state index is 0.0421. The molecular weight excluding hydrogens is 668 g/mol. The highest BCUT2D eigenvalue weighted by Gasteiger charge is 2.61. The lowest BCUT2D eigenvalue weighted by Crippen LogP contribution is -2.60. The van der Waals surface area contributed by atoms with Crippen LogP contribution in [-0.2, 0) is 33.4 Å². The number of amides is 3. The number of carboxylic acids is 1. The van der Waals surface area contributed by atoms with Crippen LogP contribution in [0.1, 0.15) is 117 Å². The van der Waals surface area contributed by atoms with Crippen molar-refractivity contribution in [2.45, 2.75) is 171 Å². The van der Waals surface area contributed by atoms with E-state index in [-0.39, 0.29) is 68.6 Å². The molecule has 0 aromatic rings. The molecule has 0 aromatic carbocycles. The molecule has 13 nitrogen and oxygen atoms in total. The molecule has 0 radical (unpaired) electrons. The molecule has 52 heavy (non-hydrogen) atoms. The van der Waals surface area contributed by atoms with Gasteiger partial charge in [0.15, 0.2) is 0 Å². The van der Waals surface area contributed by atoms with Crippen LogP contribution in [0.4, 0.5) is 4.79 Å². The van der Waals surface area contributed by atoms with E-state index >= 15 is 0 Å². The Morgan fingerprint density at radius 3 is 2.44 bits per heavy atom. The summed E-state index contributed by atoms with van der Waals surface area (Å²) in [4.78, 5) is 68.5. The van der Waals surface area contributed by atoms with E-state index in [9.17, 15) is 29.1 Å². The molecule has 10 atom stereocenters. The number of carboxylic acid groups (broad SMARTS) is 1. The average molecular weight is 729 g/mol. The van der Waals surface area contributed by atoms with E-state index < -0.39 is 59.1 Å². The number of rotatable bonds is 6.